The molecule has 25 heavy (non-hydrogen) atoms. The Morgan fingerprint density at radius 1 is 1.08 bits per heavy atom. The summed E-state index contributed by atoms with van der Waals surface area (Å²) in [6.45, 7) is 12.5. The van der Waals surface area contributed by atoms with Crippen LogP contribution in [-0.2, 0) is 11.3 Å². The second kappa shape index (κ2) is 5.71. The van der Waals surface area contributed by atoms with Crippen LogP contribution in [0.2, 0.25) is 0 Å². The fourth-order valence-corrected chi connectivity index (χ4v) is 5.02. The van der Waals surface area contributed by atoms with Gasteiger partial charge in [-0.3, -0.25) is 4.90 Å². The van der Waals surface area contributed by atoms with Crippen LogP contribution in [-0.4, -0.2) is 60.8 Å². The maximum atomic E-state index is 12.6. The molecule has 2 atom stereocenters. The second-order valence-corrected chi connectivity index (χ2v) is 9.13. The molecule has 0 saturated carbocycles. The molecular weight excluding hydrogens is 314 g/mol. The van der Waals surface area contributed by atoms with Gasteiger partial charge in [-0.15, -0.1) is 0 Å². The Kier molecular flexibility index (Phi) is 3.85. The normalized spacial score (nSPS) is 31.9. The monoisotopic (exact) mass is 343 g/mol. The SMILES string of the molecule is CC(C)(C)OC(=O)N1CC23CNCC2(CN(Cc2ccccc2)C3)C1. The van der Waals surface area contributed by atoms with E-state index in [2.05, 4.69) is 40.5 Å². The predicted molar refractivity (Wildman–Crippen MR) is 97.3 cm³/mol. The Hall–Kier alpha value is -1.59. The van der Waals surface area contributed by atoms with Gasteiger partial charge in [0.2, 0.25) is 0 Å². The van der Waals surface area contributed by atoms with Gasteiger partial charge >= 0.3 is 6.09 Å². The number of rotatable bonds is 2. The van der Waals surface area contributed by atoms with Crippen molar-refractivity contribution in [2.45, 2.75) is 32.9 Å². The highest BCUT2D eigenvalue weighted by Gasteiger charge is 2.66. The minimum atomic E-state index is -0.434. The molecule has 3 aliphatic heterocycles. The van der Waals surface area contributed by atoms with Gasteiger partial charge in [0.1, 0.15) is 5.60 Å². The highest BCUT2D eigenvalue weighted by Crippen LogP contribution is 2.54. The van der Waals surface area contributed by atoms with Gasteiger partial charge in [-0.05, 0) is 26.3 Å². The van der Waals surface area contributed by atoms with Crippen molar-refractivity contribution < 1.29 is 9.53 Å². The molecule has 5 nitrogen and oxygen atoms in total. The van der Waals surface area contributed by atoms with E-state index in [-0.39, 0.29) is 16.9 Å². The van der Waals surface area contributed by atoms with Crippen molar-refractivity contribution in [3.8, 4) is 0 Å². The zero-order valence-corrected chi connectivity index (χ0v) is 15.5. The van der Waals surface area contributed by atoms with Gasteiger partial charge in [-0.1, -0.05) is 30.3 Å². The summed E-state index contributed by atoms with van der Waals surface area (Å²) in [5.74, 6) is 0. The van der Waals surface area contributed by atoms with Crippen LogP contribution in [0.5, 0.6) is 0 Å². The fourth-order valence-electron chi connectivity index (χ4n) is 5.02. The standard InChI is InChI=1S/C20H29N3O2/c1-18(2,3)25-17(24)23-14-19-10-21-11-20(19,15-23)13-22(12-19)9-16-7-5-4-6-8-16/h4-8,21H,9-15H2,1-3H3. The molecule has 1 aromatic rings. The van der Waals surface area contributed by atoms with E-state index >= 15 is 0 Å². The van der Waals surface area contributed by atoms with Crippen LogP contribution >= 0.6 is 0 Å². The number of amides is 1. The molecule has 0 radical (unpaired) electrons. The molecule has 3 fully saturated rings. The maximum absolute atomic E-state index is 12.6. The van der Waals surface area contributed by atoms with Gasteiger partial charge in [-0.2, -0.15) is 0 Å². The first-order valence-electron chi connectivity index (χ1n) is 9.26. The number of hydrogen-bond donors (Lipinski definition) is 1. The summed E-state index contributed by atoms with van der Waals surface area (Å²) >= 11 is 0. The number of ether oxygens (including phenoxy) is 1. The first-order valence-corrected chi connectivity index (χ1v) is 9.26. The van der Waals surface area contributed by atoms with Gasteiger partial charge in [0.25, 0.3) is 0 Å². The van der Waals surface area contributed by atoms with Crippen LogP contribution in [0.15, 0.2) is 30.3 Å². The average Bonchev–Trinajstić information content (AvgIpc) is 3.05. The van der Waals surface area contributed by atoms with Gasteiger partial charge < -0.3 is 15.0 Å². The predicted octanol–water partition coefficient (Wildman–Crippen LogP) is 2.33. The van der Waals surface area contributed by atoms with Crippen LogP contribution in [0.25, 0.3) is 0 Å². The van der Waals surface area contributed by atoms with Crippen LogP contribution in [0.3, 0.4) is 0 Å². The molecule has 4 rings (SSSR count). The highest BCUT2D eigenvalue weighted by atomic mass is 16.6. The number of hydrogen-bond acceptors (Lipinski definition) is 4. The summed E-state index contributed by atoms with van der Waals surface area (Å²) in [5, 5.41) is 3.59. The third kappa shape index (κ3) is 2.93. The molecule has 1 N–H and O–H groups in total. The Morgan fingerprint density at radius 2 is 1.68 bits per heavy atom. The Labute approximate surface area is 150 Å². The lowest BCUT2D eigenvalue weighted by Gasteiger charge is -2.29. The summed E-state index contributed by atoms with van der Waals surface area (Å²) in [4.78, 5) is 17.1. The van der Waals surface area contributed by atoms with E-state index < -0.39 is 5.60 Å². The zero-order chi connectivity index (χ0) is 17.7. The minimum Gasteiger partial charge on any atom is -0.444 e. The molecule has 0 aliphatic carbocycles. The van der Waals surface area contributed by atoms with E-state index in [9.17, 15) is 4.79 Å². The van der Waals surface area contributed by atoms with Crippen molar-refractivity contribution in [2.75, 3.05) is 39.3 Å². The molecule has 3 heterocycles. The van der Waals surface area contributed by atoms with Crippen LogP contribution < -0.4 is 5.32 Å². The van der Waals surface area contributed by atoms with E-state index in [0.717, 1.165) is 45.8 Å². The third-order valence-electron chi connectivity index (χ3n) is 5.99. The lowest BCUT2D eigenvalue weighted by atomic mass is 9.71. The first-order chi connectivity index (χ1) is 11.8. The molecule has 3 saturated heterocycles. The number of carbonyl (C=O) groups excluding carboxylic acids is 1. The minimum absolute atomic E-state index is 0.155. The molecule has 136 valence electrons. The van der Waals surface area contributed by atoms with Gasteiger partial charge in [0.15, 0.2) is 0 Å². The van der Waals surface area contributed by atoms with E-state index in [1.165, 1.54) is 5.56 Å². The van der Waals surface area contributed by atoms with Crippen molar-refractivity contribution in [1.29, 1.82) is 0 Å². The van der Waals surface area contributed by atoms with Crippen LogP contribution in [0.4, 0.5) is 4.79 Å². The summed E-state index contributed by atoms with van der Waals surface area (Å²) in [5.41, 5.74) is 1.26. The van der Waals surface area contributed by atoms with Gasteiger partial charge in [-0.25, -0.2) is 4.79 Å². The van der Waals surface area contributed by atoms with Crippen molar-refractivity contribution in [2.24, 2.45) is 10.8 Å². The lowest BCUT2D eigenvalue weighted by Crippen LogP contribution is -2.42. The van der Waals surface area contributed by atoms with Crippen molar-refractivity contribution in [1.82, 2.24) is 15.1 Å². The summed E-state index contributed by atoms with van der Waals surface area (Å²) in [6.07, 6.45) is -0.155. The molecule has 0 spiro atoms. The first kappa shape index (κ1) is 16.9. The topological polar surface area (TPSA) is 44.8 Å². The molecule has 1 amide bonds. The van der Waals surface area contributed by atoms with Crippen LogP contribution in [0.1, 0.15) is 26.3 Å². The third-order valence-corrected chi connectivity index (χ3v) is 5.99. The average molecular weight is 343 g/mol. The smallest absolute Gasteiger partial charge is 0.410 e. The van der Waals surface area contributed by atoms with Crippen molar-refractivity contribution >= 4 is 6.09 Å². The van der Waals surface area contributed by atoms with Gasteiger partial charge in [0, 0.05) is 56.6 Å². The van der Waals surface area contributed by atoms with Crippen molar-refractivity contribution in [3.05, 3.63) is 35.9 Å². The fraction of sp³-hybridized carbons (Fsp3) is 0.650. The largest absolute Gasteiger partial charge is 0.444 e. The Morgan fingerprint density at radius 3 is 2.24 bits per heavy atom. The summed E-state index contributed by atoms with van der Waals surface area (Å²) < 4.78 is 5.62. The van der Waals surface area contributed by atoms with E-state index in [0.29, 0.717) is 0 Å². The molecular formula is C20H29N3O2. The molecule has 2 unspecified atom stereocenters. The van der Waals surface area contributed by atoms with E-state index in [1.807, 2.05) is 25.7 Å². The molecule has 0 aromatic heterocycles. The number of benzene rings is 1. The van der Waals surface area contributed by atoms with Crippen LogP contribution in [0, 0.1) is 10.8 Å². The molecule has 0 bridgehead atoms. The number of nitrogens with zero attached hydrogens (tertiary/aromatic N) is 2. The quantitative estimate of drug-likeness (QED) is 0.895. The number of nitrogens with one attached hydrogen (secondary N) is 1. The maximum Gasteiger partial charge on any atom is 0.410 e. The van der Waals surface area contributed by atoms with E-state index in [4.69, 9.17) is 4.74 Å². The highest BCUT2D eigenvalue weighted by molar-refractivity contribution is 5.69. The zero-order valence-electron chi connectivity index (χ0n) is 15.5. The second-order valence-electron chi connectivity index (χ2n) is 9.13. The molecule has 1 aromatic carbocycles. The Bertz CT molecular complexity index is 635. The summed E-state index contributed by atoms with van der Waals surface area (Å²) in [6, 6.07) is 10.7. The van der Waals surface area contributed by atoms with E-state index in [1.54, 1.807) is 0 Å². The summed E-state index contributed by atoms with van der Waals surface area (Å²) in [7, 11) is 0. The number of carbonyl (C=O) groups is 1. The lowest BCUT2D eigenvalue weighted by molar-refractivity contribution is 0.0247. The number of likely N-dealkylation sites (tertiary alicyclic amines) is 2. The molecule has 3 aliphatic rings. The molecule has 5 heteroatoms. The van der Waals surface area contributed by atoms with Gasteiger partial charge in [0.05, 0.1) is 0 Å². The van der Waals surface area contributed by atoms with Crippen molar-refractivity contribution in [3.63, 3.8) is 0 Å². The Balaban J connectivity index is 1.48.